The largest absolute Gasteiger partial charge is 0.433 e. The summed E-state index contributed by atoms with van der Waals surface area (Å²) in [6, 6.07) is 3.84. The Bertz CT molecular complexity index is 1230. The fraction of sp³-hybridized carbons (Fsp3) is 0.409. The summed E-state index contributed by atoms with van der Waals surface area (Å²) in [4.78, 5) is 13.7. The van der Waals surface area contributed by atoms with Gasteiger partial charge >= 0.3 is 6.18 Å². The molecule has 0 aliphatic carbocycles. The number of aromatic nitrogens is 4. The van der Waals surface area contributed by atoms with E-state index >= 15 is 4.39 Å². The van der Waals surface area contributed by atoms with Crippen molar-refractivity contribution in [3.05, 3.63) is 47.2 Å². The molecular weight excluding hydrogens is 456 g/mol. The molecule has 0 saturated carbocycles. The molecule has 3 aromatic rings. The summed E-state index contributed by atoms with van der Waals surface area (Å²) in [5.41, 5.74) is 0.603. The molecule has 2 aliphatic heterocycles. The fourth-order valence-electron chi connectivity index (χ4n) is 4.46. The third-order valence-corrected chi connectivity index (χ3v) is 6.24. The predicted octanol–water partition coefficient (Wildman–Crippen LogP) is 4.04. The number of H-pyrrole nitrogens is 1. The first-order valence-electron chi connectivity index (χ1n) is 10.8. The molecule has 12 heteroatoms. The van der Waals surface area contributed by atoms with Crippen LogP contribution in [0.2, 0.25) is 0 Å². The SMILES string of the molecule is CC(=O)N1CCc2c(c(Nc3ccc(-c4cn[nH]c4C(F)(F)F)cc3F)nn2C2CCOC2)C1. The van der Waals surface area contributed by atoms with Crippen LogP contribution in [0.3, 0.4) is 0 Å². The maximum atomic E-state index is 15.0. The van der Waals surface area contributed by atoms with E-state index in [1.165, 1.54) is 19.1 Å². The monoisotopic (exact) mass is 478 g/mol. The minimum atomic E-state index is -4.64. The quantitative estimate of drug-likeness (QED) is 0.553. The van der Waals surface area contributed by atoms with Crippen molar-refractivity contribution in [3.8, 4) is 11.1 Å². The van der Waals surface area contributed by atoms with E-state index in [0.717, 1.165) is 29.9 Å². The number of carbonyl (C=O) groups excluding carboxylic acids is 1. The smallest absolute Gasteiger partial charge is 0.379 e. The van der Waals surface area contributed by atoms with Crippen LogP contribution in [0.1, 0.15) is 36.3 Å². The first-order chi connectivity index (χ1) is 16.2. The Kier molecular flexibility index (Phi) is 5.54. The second-order valence-electron chi connectivity index (χ2n) is 8.40. The molecule has 5 rings (SSSR count). The highest BCUT2D eigenvalue weighted by Gasteiger charge is 2.36. The van der Waals surface area contributed by atoms with E-state index in [1.54, 1.807) is 4.90 Å². The lowest BCUT2D eigenvalue weighted by Gasteiger charge is -2.27. The maximum Gasteiger partial charge on any atom is 0.433 e. The van der Waals surface area contributed by atoms with Crippen molar-refractivity contribution in [3.63, 3.8) is 0 Å². The predicted molar refractivity (Wildman–Crippen MR) is 114 cm³/mol. The summed E-state index contributed by atoms with van der Waals surface area (Å²) in [5, 5.41) is 13.1. The van der Waals surface area contributed by atoms with Gasteiger partial charge in [0.25, 0.3) is 0 Å². The van der Waals surface area contributed by atoms with Crippen LogP contribution < -0.4 is 5.32 Å². The van der Waals surface area contributed by atoms with E-state index in [0.29, 0.717) is 38.5 Å². The molecule has 1 aromatic carbocycles. The molecule has 4 heterocycles. The Balaban J connectivity index is 1.48. The Morgan fingerprint density at radius 3 is 2.82 bits per heavy atom. The molecule has 1 amide bonds. The lowest BCUT2D eigenvalue weighted by atomic mass is 10.0. The Morgan fingerprint density at radius 1 is 1.32 bits per heavy atom. The standard InChI is InChI=1S/C22H22F4N6O2/c1-12(33)31-6-4-19-16(10-31)21(30-32(19)14-5-7-34-11-14)28-18-3-2-13(8-17(18)23)15-9-27-29-20(15)22(24,25)26/h2-3,8-9,14H,4-7,10-11H2,1H3,(H,27,29)(H,28,30). The van der Waals surface area contributed by atoms with E-state index in [9.17, 15) is 18.0 Å². The zero-order valence-corrected chi connectivity index (χ0v) is 18.2. The highest BCUT2D eigenvalue weighted by molar-refractivity contribution is 5.75. The molecule has 1 saturated heterocycles. The van der Waals surface area contributed by atoms with Gasteiger partial charge in [-0.1, -0.05) is 6.07 Å². The number of nitrogens with one attached hydrogen (secondary N) is 2. The van der Waals surface area contributed by atoms with Crippen molar-refractivity contribution < 1.29 is 27.1 Å². The Morgan fingerprint density at radius 2 is 2.15 bits per heavy atom. The number of hydrogen-bond donors (Lipinski definition) is 2. The van der Waals surface area contributed by atoms with Crippen molar-refractivity contribution in [1.29, 1.82) is 0 Å². The summed E-state index contributed by atoms with van der Waals surface area (Å²) in [6.07, 6.45) is -2.21. The first-order valence-corrected chi connectivity index (χ1v) is 10.8. The van der Waals surface area contributed by atoms with E-state index in [4.69, 9.17) is 4.74 Å². The van der Waals surface area contributed by atoms with E-state index < -0.39 is 17.7 Å². The van der Waals surface area contributed by atoms with Crippen LogP contribution in [-0.2, 0) is 28.7 Å². The zero-order valence-electron chi connectivity index (χ0n) is 18.2. The number of amides is 1. The number of rotatable bonds is 4. The van der Waals surface area contributed by atoms with Gasteiger partial charge in [-0.05, 0) is 24.1 Å². The van der Waals surface area contributed by atoms with Crippen LogP contribution in [0, 0.1) is 5.82 Å². The molecule has 2 aliphatic rings. The Labute approximate surface area is 191 Å². The second-order valence-corrected chi connectivity index (χ2v) is 8.40. The van der Waals surface area contributed by atoms with Crippen molar-refractivity contribution in [2.24, 2.45) is 0 Å². The molecule has 1 atom stereocenters. The van der Waals surface area contributed by atoms with Gasteiger partial charge in [0.1, 0.15) is 11.5 Å². The number of nitrogens with zero attached hydrogens (tertiary/aromatic N) is 4. The number of hydrogen-bond acceptors (Lipinski definition) is 5. The van der Waals surface area contributed by atoms with Crippen molar-refractivity contribution in [2.45, 2.75) is 38.5 Å². The summed E-state index contributed by atoms with van der Waals surface area (Å²) in [5.74, 6) is -0.387. The van der Waals surface area contributed by atoms with Crippen LogP contribution in [0.4, 0.5) is 29.1 Å². The molecular formula is C22H22F4N6O2. The van der Waals surface area contributed by atoms with Crippen molar-refractivity contribution in [1.82, 2.24) is 24.9 Å². The average Bonchev–Trinajstić information content (AvgIpc) is 3.54. The number of aromatic amines is 1. The van der Waals surface area contributed by atoms with Gasteiger partial charge in [-0.2, -0.15) is 23.4 Å². The van der Waals surface area contributed by atoms with Gasteiger partial charge in [0.2, 0.25) is 5.91 Å². The molecule has 2 N–H and O–H groups in total. The van der Waals surface area contributed by atoms with E-state index in [2.05, 4.69) is 15.5 Å². The van der Waals surface area contributed by atoms with Gasteiger partial charge in [0, 0.05) is 43.3 Å². The number of alkyl halides is 3. The summed E-state index contributed by atoms with van der Waals surface area (Å²) >= 11 is 0. The Hall–Kier alpha value is -3.41. The molecule has 180 valence electrons. The van der Waals surface area contributed by atoms with Gasteiger partial charge in [0.15, 0.2) is 5.82 Å². The molecule has 0 radical (unpaired) electrons. The summed E-state index contributed by atoms with van der Waals surface area (Å²) < 4.78 is 62.0. The minimum Gasteiger partial charge on any atom is -0.379 e. The summed E-state index contributed by atoms with van der Waals surface area (Å²) in [6.45, 7) is 3.56. The van der Waals surface area contributed by atoms with E-state index in [1.807, 2.05) is 9.78 Å². The summed E-state index contributed by atoms with van der Waals surface area (Å²) in [7, 11) is 0. The van der Waals surface area contributed by atoms with Crippen LogP contribution in [0.5, 0.6) is 0 Å². The second kappa shape index (κ2) is 8.42. The number of benzene rings is 1. The molecule has 2 aromatic heterocycles. The van der Waals surface area contributed by atoms with Gasteiger partial charge < -0.3 is 15.0 Å². The highest BCUT2D eigenvalue weighted by Crippen LogP contribution is 2.37. The molecule has 8 nitrogen and oxygen atoms in total. The number of halogens is 4. The van der Waals surface area contributed by atoms with Crippen molar-refractivity contribution in [2.75, 3.05) is 25.1 Å². The lowest BCUT2D eigenvalue weighted by molar-refractivity contribution is -0.140. The lowest BCUT2D eigenvalue weighted by Crippen LogP contribution is -2.35. The molecule has 0 spiro atoms. The normalized spacial score (nSPS) is 18.3. The fourth-order valence-corrected chi connectivity index (χ4v) is 4.46. The number of fused-ring (bicyclic) bond motifs is 1. The van der Waals surface area contributed by atoms with E-state index in [-0.39, 0.29) is 28.8 Å². The molecule has 1 unspecified atom stereocenters. The number of ether oxygens (including phenoxy) is 1. The molecule has 1 fully saturated rings. The van der Waals surface area contributed by atoms with Gasteiger partial charge in [0.05, 0.1) is 31.1 Å². The molecule has 0 bridgehead atoms. The third kappa shape index (κ3) is 4.02. The number of carbonyl (C=O) groups is 1. The third-order valence-electron chi connectivity index (χ3n) is 6.24. The van der Waals surface area contributed by atoms with Crippen LogP contribution in [0.15, 0.2) is 24.4 Å². The van der Waals surface area contributed by atoms with Crippen molar-refractivity contribution >= 4 is 17.4 Å². The van der Waals surface area contributed by atoms with Gasteiger partial charge in [-0.15, -0.1) is 0 Å². The minimum absolute atomic E-state index is 0.0440. The molecule has 34 heavy (non-hydrogen) atoms. The maximum absolute atomic E-state index is 15.0. The topological polar surface area (TPSA) is 88.1 Å². The zero-order chi connectivity index (χ0) is 24.0. The van der Waals surface area contributed by atoms with Gasteiger partial charge in [-0.3, -0.25) is 14.6 Å². The average molecular weight is 478 g/mol. The van der Waals surface area contributed by atoms with Crippen LogP contribution >= 0.6 is 0 Å². The van der Waals surface area contributed by atoms with Crippen LogP contribution in [-0.4, -0.2) is 50.5 Å². The first kappa shape index (κ1) is 22.4. The van der Waals surface area contributed by atoms with Gasteiger partial charge in [-0.25, -0.2) is 4.39 Å². The number of anilines is 2. The van der Waals surface area contributed by atoms with Crippen LogP contribution in [0.25, 0.3) is 11.1 Å². The highest BCUT2D eigenvalue weighted by atomic mass is 19.4.